The number of fused-ring (bicyclic) bond motifs is 2. The minimum absolute atomic E-state index is 0.119. The van der Waals surface area contributed by atoms with Crippen LogP contribution < -0.4 is 5.43 Å². The zero-order valence-electron chi connectivity index (χ0n) is 9.90. The summed E-state index contributed by atoms with van der Waals surface area (Å²) in [5, 5.41) is 1.57. The van der Waals surface area contributed by atoms with Gasteiger partial charge in [0.2, 0.25) is 0 Å². The molecule has 0 aliphatic carbocycles. The molecule has 0 saturated heterocycles. The molecule has 0 aliphatic heterocycles. The number of aromatic nitrogens is 1. The van der Waals surface area contributed by atoms with E-state index in [9.17, 15) is 4.79 Å². The van der Waals surface area contributed by atoms with Gasteiger partial charge in [0.1, 0.15) is 0 Å². The molecule has 0 radical (unpaired) electrons. The van der Waals surface area contributed by atoms with Crippen LogP contribution in [-0.2, 0) is 7.05 Å². The van der Waals surface area contributed by atoms with Crippen LogP contribution in [0.25, 0.3) is 21.8 Å². The highest BCUT2D eigenvalue weighted by molar-refractivity contribution is 5.93. The number of hydrogen-bond donors (Lipinski definition) is 0. The van der Waals surface area contributed by atoms with E-state index in [0.717, 1.165) is 21.8 Å². The second-order valence-corrected chi connectivity index (χ2v) is 4.43. The number of aryl methyl sites for hydroxylation is 2. The van der Waals surface area contributed by atoms with Gasteiger partial charge in [0.05, 0.1) is 11.0 Å². The number of pyridine rings is 1. The van der Waals surface area contributed by atoms with Gasteiger partial charge in [0.15, 0.2) is 5.43 Å². The molecule has 0 fully saturated rings. The summed E-state index contributed by atoms with van der Waals surface area (Å²) >= 11 is 0. The quantitative estimate of drug-likeness (QED) is 0.537. The monoisotopic (exact) mass is 223 g/mol. The van der Waals surface area contributed by atoms with Gasteiger partial charge in [-0.15, -0.1) is 0 Å². The Morgan fingerprint density at radius 3 is 2.47 bits per heavy atom. The fourth-order valence-corrected chi connectivity index (χ4v) is 2.34. The van der Waals surface area contributed by atoms with Crippen LogP contribution in [0.15, 0.2) is 47.3 Å². The van der Waals surface area contributed by atoms with Crippen LogP contribution >= 0.6 is 0 Å². The fraction of sp³-hybridized carbons (Fsp3) is 0.133. The highest BCUT2D eigenvalue weighted by Gasteiger charge is 2.07. The van der Waals surface area contributed by atoms with E-state index in [0.29, 0.717) is 0 Å². The summed E-state index contributed by atoms with van der Waals surface area (Å²) in [6.45, 7) is 2.04. The molecule has 84 valence electrons. The van der Waals surface area contributed by atoms with Gasteiger partial charge in [0, 0.05) is 17.8 Å². The molecule has 2 heteroatoms. The van der Waals surface area contributed by atoms with Gasteiger partial charge >= 0.3 is 0 Å². The molecule has 0 amide bonds. The number of benzene rings is 2. The maximum absolute atomic E-state index is 12.3. The van der Waals surface area contributed by atoms with Gasteiger partial charge in [-0.1, -0.05) is 18.2 Å². The number of hydrogen-bond acceptors (Lipinski definition) is 1. The SMILES string of the molecule is Cc1ccc2c(=O)c3ccccc3n(C)c2c1. The molecular weight excluding hydrogens is 210 g/mol. The first-order chi connectivity index (χ1) is 8.18. The molecule has 1 heterocycles. The van der Waals surface area contributed by atoms with Gasteiger partial charge in [-0.25, -0.2) is 0 Å². The normalized spacial score (nSPS) is 11.2. The third kappa shape index (κ3) is 1.37. The second kappa shape index (κ2) is 3.45. The molecule has 2 aromatic carbocycles. The summed E-state index contributed by atoms with van der Waals surface area (Å²) in [6, 6.07) is 13.7. The van der Waals surface area contributed by atoms with Crippen LogP contribution in [0.2, 0.25) is 0 Å². The van der Waals surface area contributed by atoms with Gasteiger partial charge in [-0.05, 0) is 36.8 Å². The van der Waals surface area contributed by atoms with E-state index in [2.05, 4.69) is 10.6 Å². The number of rotatable bonds is 0. The van der Waals surface area contributed by atoms with Crippen molar-refractivity contribution in [3.05, 3.63) is 58.3 Å². The van der Waals surface area contributed by atoms with E-state index in [-0.39, 0.29) is 5.43 Å². The summed E-state index contributed by atoms with van der Waals surface area (Å²) in [4.78, 5) is 12.3. The lowest BCUT2D eigenvalue weighted by molar-refractivity contribution is 1.00. The predicted octanol–water partition coefficient (Wildman–Crippen LogP) is 3.00. The Morgan fingerprint density at radius 2 is 1.65 bits per heavy atom. The van der Waals surface area contributed by atoms with E-state index in [1.807, 2.05) is 50.4 Å². The molecule has 3 aromatic rings. The maximum atomic E-state index is 12.3. The van der Waals surface area contributed by atoms with E-state index < -0.39 is 0 Å². The minimum Gasteiger partial charge on any atom is -0.343 e. The van der Waals surface area contributed by atoms with Crippen molar-refractivity contribution >= 4 is 21.8 Å². The first kappa shape index (κ1) is 10.1. The number of para-hydroxylation sites is 1. The molecule has 0 unspecified atom stereocenters. The third-order valence-electron chi connectivity index (χ3n) is 3.27. The molecule has 3 rings (SSSR count). The van der Waals surface area contributed by atoms with E-state index in [1.54, 1.807) is 0 Å². The van der Waals surface area contributed by atoms with E-state index in [4.69, 9.17) is 0 Å². The first-order valence-electron chi connectivity index (χ1n) is 5.66. The smallest absolute Gasteiger partial charge is 0.197 e. The van der Waals surface area contributed by atoms with Crippen LogP contribution in [0.4, 0.5) is 0 Å². The summed E-state index contributed by atoms with van der Waals surface area (Å²) in [7, 11) is 2.00. The van der Waals surface area contributed by atoms with Gasteiger partial charge in [-0.3, -0.25) is 4.79 Å². The zero-order valence-corrected chi connectivity index (χ0v) is 9.90. The Hall–Kier alpha value is -2.09. The van der Waals surface area contributed by atoms with Crippen molar-refractivity contribution < 1.29 is 0 Å². The summed E-state index contributed by atoms with van der Waals surface area (Å²) in [5.74, 6) is 0. The number of nitrogens with zero attached hydrogens (tertiary/aromatic N) is 1. The Labute approximate surface area is 99.1 Å². The molecular formula is C15H13NO. The largest absolute Gasteiger partial charge is 0.343 e. The summed E-state index contributed by atoms with van der Waals surface area (Å²) < 4.78 is 2.08. The highest BCUT2D eigenvalue weighted by atomic mass is 16.1. The van der Waals surface area contributed by atoms with Crippen molar-refractivity contribution in [3.8, 4) is 0 Å². The predicted molar refractivity (Wildman–Crippen MR) is 71.4 cm³/mol. The van der Waals surface area contributed by atoms with Crippen LogP contribution in [0, 0.1) is 6.92 Å². The standard InChI is InChI=1S/C15H13NO/c1-10-7-8-12-14(9-10)16(2)13-6-4-3-5-11(13)15(12)17/h3-9H,1-2H3. The average Bonchev–Trinajstić information content (AvgIpc) is 2.36. The fourth-order valence-electron chi connectivity index (χ4n) is 2.34. The molecule has 2 nitrogen and oxygen atoms in total. The minimum atomic E-state index is 0.119. The lowest BCUT2D eigenvalue weighted by Crippen LogP contribution is -2.08. The van der Waals surface area contributed by atoms with Crippen LogP contribution in [0.1, 0.15) is 5.56 Å². The molecule has 0 atom stereocenters. The summed E-state index contributed by atoms with van der Waals surface area (Å²) in [6.07, 6.45) is 0. The van der Waals surface area contributed by atoms with Crippen molar-refractivity contribution in [2.45, 2.75) is 6.92 Å². The van der Waals surface area contributed by atoms with Crippen molar-refractivity contribution in [3.63, 3.8) is 0 Å². The molecule has 0 aliphatic rings. The van der Waals surface area contributed by atoms with Gasteiger partial charge in [-0.2, -0.15) is 0 Å². The molecule has 1 aromatic heterocycles. The van der Waals surface area contributed by atoms with Gasteiger partial charge in [0.25, 0.3) is 0 Å². The molecule has 0 spiro atoms. The zero-order chi connectivity index (χ0) is 12.0. The molecule has 17 heavy (non-hydrogen) atoms. The van der Waals surface area contributed by atoms with Gasteiger partial charge < -0.3 is 4.57 Å². The Bertz CT molecular complexity index is 784. The third-order valence-corrected chi connectivity index (χ3v) is 3.27. The topological polar surface area (TPSA) is 22.0 Å². The first-order valence-corrected chi connectivity index (χ1v) is 5.66. The van der Waals surface area contributed by atoms with Crippen molar-refractivity contribution in [1.29, 1.82) is 0 Å². The van der Waals surface area contributed by atoms with Crippen molar-refractivity contribution in [2.24, 2.45) is 7.05 Å². The summed E-state index contributed by atoms with van der Waals surface area (Å²) in [5.41, 5.74) is 3.26. The van der Waals surface area contributed by atoms with Crippen LogP contribution in [-0.4, -0.2) is 4.57 Å². The molecule has 0 bridgehead atoms. The van der Waals surface area contributed by atoms with Crippen molar-refractivity contribution in [2.75, 3.05) is 0 Å². The molecule has 0 saturated carbocycles. The maximum Gasteiger partial charge on any atom is 0.197 e. The Morgan fingerprint density at radius 1 is 0.941 bits per heavy atom. The highest BCUT2D eigenvalue weighted by Crippen LogP contribution is 2.18. The van der Waals surface area contributed by atoms with Crippen LogP contribution in [0.5, 0.6) is 0 Å². The Kier molecular flexibility index (Phi) is 2.05. The average molecular weight is 223 g/mol. The second-order valence-electron chi connectivity index (χ2n) is 4.43. The van der Waals surface area contributed by atoms with Crippen LogP contribution in [0.3, 0.4) is 0 Å². The van der Waals surface area contributed by atoms with E-state index in [1.165, 1.54) is 5.56 Å². The van der Waals surface area contributed by atoms with E-state index >= 15 is 0 Å². The molecule has 0 N–H and O–H groups in total. The lowest BCUT2D eigenvalue weighted by Gasteiger charge is -2.10. The van der Waals surface area contributed by atoms with Crippen molar-refractivity contribution in [1.82, 2.24) is 4.57 Å². The lowest BCUT2D eigenvalue weighted by atomic mass is 10.1. The Balaban J connectivity index is 2.68.